The molecule has 0 aromatic heterocycles. The lowest BCUT2D eigenvalue weighted by Gasteiger charge is -2.17. The average molecular weight is 319 g/mol. The third-order valence-corrected chi connectivity index (χ3v) is 3.62. The molecule has 0 aliphatic carbocycles. The molecule has 23 heavy (non-hydrogen) atoms. The molecule has 1 amide bonds. The summed E-state index contributed by atoms with van der Waals surface area (Å²) in [6, 6.07) is 15.8. The Morgan fingerprint density at radius 3 is 2.39 bits per heavy atom. The molecule has 0 aliphatic heterocycles. The van der Waals surface area contributed by atoms with Crippen LogP contribution >= 0.6 is 0 Å². The summed E-state index contributed by atoms with van der Waals surface area (Å²) in [5.74, 6) is -0.369. The number of para-hydroxylation sites is 1. The molecule has 5 heteroatoms. The van der Waals surface area contributed by atoms with Gasteiger partial charge in [-0.1, -0.05) is 49.4 Å². The number of ether oxygens (including phenoxy) is 1. The standard InChI is InChI=1S/C18H19F2NO2/c1-2-13(14-8-4-3-5-9-14)12-21-17(22)15-10-6-7-11-16(15)23-18(19)20/h3-11,13,18H,2,12H2,1H3,(H,21,22). The summed E-state index contributed by atoms with van der Waals surface area (Å²) in [7, 11) is 0. The van der Waals surface area contributed by atoms with Crippen LogP contribution < -0.4 is 10.1 Å². The molecule has 0 heterocycles. The van der Waals surface area contributed by atoms with Gasteiger partial charge in [-0.25, -0.2) is 0 Å². The molecule has 2 aromatic carbocycles. The third-order valence-electron chi connectivity index (χ3n) is 3.62. The number of halogens is 2. The van der Waals surface area contributed by atoms with E-state index in [1.165, 1.54) is 12.1 Å². The number of carbonyl (C=O) groups is 1. The van der Waals surface area contributed by atoms with Crippen LogP contribution in [0.3, 0.4) is 0 Å². The summed E-state index contributed by atoms with van der Waals surface area (Å²) in [4.78, 5) is 12.3. The molecule has 0 bridgehead atoms. The molecule has 0 saturated carbocycles. The van der Waals surface area contributed by atoms with Crippen molar-refractivity contribution < 1.29 is 18.3 Å². The van der Waals surface area contributed by atoms with Gasteiger partial charge in [0.15, 0.2) is 0 Å². The van der Waals surface area contributed by atoms with E-state index in [0.717, 1.165) is 12.0 Å². The fourth-order valence-electron chi connectivity index (χ4n) is 2.39. The Hall–Kier alpha value is -2.43. The van der Waals surface area contributed by atoms with Crippen molar-refractivity contribution in [3.8, 4) is 5.75 Å². The van der Waals surface area contributed by atoms with Crippen molar-refractivity contribution >= 4 is 5.91 Å². The van der Waals surface area contributed by atoms with Crippen LogP contribution in [0.5, 0.6) is 5.75 Å². The molecule has 2 rings (SSSR count). The Morgan fingerprint density at radius 2 is 1.74 bits per heavy atom. The summed E-state index contributed by atoms with van der Waals surface area (Å²) in [5.41, 5.74) is 1.24. The molecule has 0 saturated heterocycles. The molecule has 1 N–H and O–H groups in total. The zero-order chi connectivity index (χ0) is 16.7. The van der Waals surface area contributed by atoms with Gasteiger partial charge in [-0.3, -0.25) is 4.79 Å². The van der Waals surface area contributed by atoms with E-state index in [9.17, 15) is 13.6 Å². The summed E-state index contributed by atoms with van der Waals surface area (Å²) in [6.07, 6.45) is 0.861. The predicted octanol–water partition coefficient (Wildman–Crippen LogP) is 4.21. The van der Waals surface area contributed by atoms with Gasteiger partial charge in [0, 0.05) is 12.5 Å². The van der Waals surface area contributed by atoms with Crippen molar-refractivity contribution in [1.29, 1.82) is 0 Å². The van der Waals surface area contributed by atoms with Crippen LogP contribution in [-0.2, 0) is 0 Å². The molecule has 0 radical (unpaired) electrons. The first kappa shape index (κ1) is 16.9. The lowest BCUT2D eigenvalue weighted by molar-refractivity contribution is -0.0501. The van der Waals surface area contributed by atoms with Crippen molar-refractivity contribution in [2.45, 2.75) is 25.9 Å². The van der Waals surface area contributed by atoms with E-state index in [0.29, 0.717) is 6.54 Å². The van der Waals surface area contributed by atoms with E-state index in [2.05, 4.69) is 10.1 Å². The van der Waals surface area contributed by atoms with E-state index < -0.39 is 12.5 Å². The van der Waals surface area contributed by atoms with E-state index in [-0.39, 0.29) is 17.2 Å². The molecule has 0 fully saturated rings. The zero-order valence-corrected chi connectivity index (χ0v) is 12.8. The minimum Gasteiger partial charge on any atom is -0.434 e. The van der Waals surface area contributed by atoms with Gasteiger partial charge in [0.1, 0.15) is 5.75 Å². The minimum atomic E-state index is -2.96. The number of carbonyl (C=O) groups excluding carboxylic acids is 1. The highest BCUT2D eigenvalue weighted by atomic mass is 19.3. The highest BCUT2D eigenvalue weighted by molar-refractivity contribution is 5.96. The first-order chi connectivity index (χ1) is 11.1. The van der Waals surface area contributed by atoms with Crippen LogP contribution in [-0.4, -0.2) is 19.1 Å². The fraction of sp³-hybridized carbons (Fsp3) is 0.278. The Labute approximate surface area is 134 Å². The van der Waals surface area contributed by atoms with E-state index >= 15 is 0 Å². The number of alkyl halides is 2. The minimum absolute atomic E-state index is 0.107. The Kier molecular flexibility index (Phi) is 6.09. The second-order valence-corrected chi connectivity index (χ2v) is 5.10. The predicted molar refractivity (Wildman–Crippen MR) is 84.9 cm³/mol. The number of benzene rings is 2. The van der Waals surface area contributed by atoms with Crippen LogP contribution in [0.25, 0.3) is 0 Å². The van der Waals surface area contributed by atoms with Gasteiger partial charge >= 0.3 is 6.61 Å². The number of rotatable bonds is 7. The van der Waals surface area contributed by atoms with E-state index in [1.807, 2.05) is 37.3 Å². The maximum absolute atomic E-state index is 12.4. The van der Waals surface area contributed by atoms with Crippen LogP contribution in [0.4, 0.5) is 8.78 Å². The Balaban J connectivity index is 2.04. The lowest BCUT2D eigenvalue weighted by atomic mass is 9.96. The summed E-state index contributed by atoms with van der Waals surface area (Å²) in [5, 5.41) is 2.80. The SMILES string of the molecule is CCC(CNC(=O)c1ccccc1OC(F)F)c1ccccc1. The van der Waals surface area contributed by atoms with Crippen molar-refractivity contribution in [2.75, 3.05) is 6.54 Å². The summed E-state index contributed by atoms with van der Waals surface area (Å²) < 4.78 is 29.2. The van der Waals surface area contributed by atoms with Gasteiger partial charge in [0.25, 0.3) is 5.91 Å². The van der Waals surface area contributed by atoms with Gasteiger partial charge < -0.3 is 10.1 Å². The molecule has 1 unspecified atom stereocenters. The van der Waals surface area contributed by atoms with Gasteiger partial charge in [0.2, 0.25) is 0 Å². The fourth-order valence-corrected chi connectivity index (χ4v) is 2.39. The highest BCUT2D eigenvalue weighted by Crippen LogP contribution is 2.21. The van der Waals surface area contributed by atoms with Gasteiger partial charge in [-0.05, 0) is 24.1 Å². The van der Waals surface area contributed by atoms with Crippen LogP contribution in [0.15, 0.2) is 54.6 Å². The topological polar surface area (TPSA) is 38.3 Å². The van der Waals surface area contributed by atoms with Crippen LogP contribution in [0.1, 0.15) is 35.2 Å². The number of nitrogens with one attached hydrogen (secondary N) is 1. The van der Waals surface area contributed by atoms with Crippen molar-refractivity contribution in [2.24, 2.45) is 0 Å². The van der Waals surface area contributed by atoms with Gasteiger partial charge in [-0.15, -0.1) is 0 Å². The van der Waals surface area contributed by atoms with Crippen LogP contribution in [0, 0.1) is 0 Å². The molecular formula is C18H19F2NO2. The van der Waals surface area contributed by atoms with E-state index in [4.69, 9.17) is 0 Å². The zero-order valence-electron chi connectivity index (χ0n) is 12.8. The Bertz CT molecular complexity index is 632. The number of hydrogen-bond acceptors (Lipinski definition) is 2. The first-order valence-corrected chi connectivity index (χ1v) is 7.48. The van der Waals surface area contributed by atoms with E-state index in [1.54, 1.807) is 12.1 Å². The second kappa shape index (κ2) is 8.27. The van der Waals surface area contributed by atoms with Gasteiger partial charge in [-0.2, -0.15) is 8.78 Å². The normalized spacial score (nSPS) is 12.0. The maximum atomic E-state index is 12.4. The summed E-state index contributed by atoms with van der Waals surface area (Å²) >= 11 is 0. The molecule has 122 valence electrons. The smallest absolute Gasteiger partial charge is 0.387 e. The van der Waals surface area contributed by atoms with Crippen molar-refractivity contribution in [1.82, 2.24) is 5.32 Å². The largest absolute Gasteiger partial charge is 0.434 e. The quantitative estimate of drug-likeness (QED) is 0.830. The lowest BCUT2D eigenvalue weighted by Crippen LogP contribution is -2.28. The molecule has 0 aliphatic rings. The van der Waals surface area contributed by atoms with Gasteiger partial charge in [0.05, 0.1) is 5.56 Å². The molecule has 0 spiro atoms. The molecule has 2 aromatic rings. The van der Waals surface area contributed by atoms with Crippen LogP contribution in [0.2, 0.25) is 0 Å². The van der Waals surface area contributed by atoms with Crippen molar-refractivity contribution in [3.05, 3.63) is 65.7 Å². The number of amides is 1. The maximum Gasteiger partial charge on any atom is 0.387 e. The summed E-state index contributed by atoms with van der Waals surface area (Å²) in [6.45, 7) is -0.489. The first-order valence-electron chi connectivity index (χ1n) is 7.48. The average Bonchev–Trinajstić information content (AvgIpc) is 2.56. The van der Waals surface area contributed by atoms with Crippen molar-refractivity contribution in [3.63, 3.8) is 0 Å². The monoisotopic (exact) mass is 319 g/mol. The highest BCUT2D eigenvalue weighted by Gasteiger charge is 2.17. The second-order valence-electron chi connectivity index (χ2n) is 5.10. The third kappa shape index (κ3) is 4.77. The Morgan fingerprint density at radius 1 is 1.09 bits per heavy atom. The molecule has 3 nitrogen and oxygen atoms in total. The molecular weight excluding hydrogens is 300 g/mol. The molecule has 1 atom stereocenters. The number of hydrogen-bond donors (Lipinski definition) is 1.